The van der Waals surface area contributed by atoms with Crippen molar-refractivity contribution in [2.45, 2.75) is 38.6 Å². The summed E-state index contributed by atoms with van der Waals surface area (Å²) < 4.78 is 11.0. The first-order valence-electron chi connectivity index (χ1n) is 11.2. The number of guanidine groups is 1. The second-order valence-corrected chi connectivity index (χ2v) is 7.61. The number of benzene rings is 1. The van der Waals surface area contributed by atoms with Crippen molar-refractivity contribution < 1.29 is 9.47 Å². The number of nitrogens with zero attached hydrogens (tertiary/aromatic N) is 3. The normalized spacial score (nSPS) is 14.5. The number of aryl methyl sites for hydroxylation is 1. The number of anilines is 1. The van der Waals surface area contributed by atoms with Gasteiger partial charge in [-0.25, -0.2) is 4.98 Å². The van der Waals surface area contributed by atoms with Gasteiger partial charge in [0.05, 0.1) is 13.7 Å². The molecule has 2 aromatic rings. The Balaban J connectivity index is 0.00000363. The van der Waals surface area contributed by atoms with Crippen molar-refractivity contribution in [1.29, 1.82) is 0 Å². The van der Waals surface area contributed by atoms with Crippen LogP contribution in [0.25, 0.3) is 0 Å². The van der Waals surface area contributed by atoms with Crippen LogP contribution >= 0.6 is 24.0 Å². The summed E-state index contributed by atoms with van der Waals surface area (Å²) in [5, 5.41) is 7.02. The summed E-state index contributed by atoms with van der Waals surface area (Å²) in [5.74, 6) is 3.53. The Morgan fingerprint density at radius 2 is 2.00 bits per heavy atom. The Morgan fingerprint density at radius 3 is 2.66 bits per heavy atom. The van der Waals surface area contributed by atoms with Crippen LogP contribution in [0.15, 0.2) is 47.6 Å². The van der Waals surface area contributed by atoms with Gasteiger partial charge in [0, 0.05) is 38.9 Å². The fraction of sp³-hybridized carbons (Fsp3) is 0.500. The first kappa shape index (κ1) is 26.0. The maximum absolute atomic E-state index is 5.67. The molecule has 0 atom stereocenters. The van der Waals surface area contributed by atoms with Gasteiger partial charge in [0.25, 0.3) is 0 Å². The molecule has 0 amide bonds. The molecule has 2 N–H and O–H groups in total. The van der Waals surface area contributed by atoms with E-state index in [1.54, 1.807) is 7.11 Å². The second kappa shape index (κ2) is 14.0. The lowest BCUT2D eigenvalue weighted by molar-refractivity contribution is 0.310. The molecule has 1 aromatic heterocycles. The lowest BCUT2D eigenvalue weighted by atomic mass is 10.1. The monoisotopic (exact) mass is 553 g/mol. The zero-order valence-electron chi connectivity index (χ0n) is 19.3. The highest BCUT2D eigenvalue weighted by Gasteiger charge is 2.20. The van der Waals surface area contributed by atoms with Crippen LogP contribution in [0.2, 0.25) is 0 Å². The Kier molecular flexibility index (Phi) is 11.4. The topological polar surface area (TPSA) is 71.0 Å². The third-order valence-electron chi connectivity index (χ3n) is 5.50. The van der Waals surface area contributed by atoms with Crippen LogP contribution in [-0.4, -0.2) is 57.4 Å². The zero-order chi connectivity index (χ0) is 21.9. The Hall–Kier alpha value is -2.23. The predicted molar refractivity (Wildman–Crippen MR) is 142 cm³/mol. The van der Waals surface area contributed by atoms with Crippen molar-refractivity contribution >= 4 is 35.8 Å². The van der Waals surface area contributed by atoms with E-state index in [1.165, 1.54) is 5.56 Å². The summed E-state index contributed by atoms with van der Waals surface area (Å²) in [7, 11) is 3.50. The number of hydrogen-bond acceptors (Lipinski definition) is 5. The summed E-state index contributed by atoms with van der Waals surface area (Å²) in [6, 6.07) is 12.7. The smallest absolute Gasteiger partial charge is 0.191 e. The van der Waals surface area contributed by atoms with E-state index in [-0.39, 0.29) is 24.0 Å². The van der Waals surface area contributed by atoms with Crippen molar-refractivity contribution in [3.8, 4) is 11.5 Å². The summed E-state index contributed by atoms with van der Waals surface area (Å²) in [5.41, 5.74) is 1.25. The largest absolute Gasteiger partial charge is 0.493 e. The number of rotatable bonds is 9. The van der Waals surface area contributed by atoms with E-state index in [9.17, 15) is 0 Å². The van der Waals surface area contributed by atoms with Crippen molar-refractivity contribution in [3.63, 3.8) is 0 Å². The van der Waals surface area contributed by atoms with Crippen molar-refractivity contribution in [2.75, 3.05) is 45.3 Å². The quantitative estimate of drug-likeness (QED) is 0.213. The number of nitrogens with one attached hydrogen (secondary N) is 2. The molecule has 2 heterocycles. The fourth-order valence-corrected chi connectivity index (χ4v) is 3.83. The highest BCUT2D eigenvalue weighted by molar-refractivity contribution is 14.0. The number of hydrogen-bond donors (Lipinski definition) is 2. The van der Waals surface area contributed by atoms with Gasteiger partial charge in [-0.15, -0.1) is 24.0 Å². The first-order chi connectivity index (χ1) is 15.2. The second-order valence-electron chi connectivity index (χ2n) is 7.61. The number of methoxy groups -OCH3 is 1. The van der Waals surface area contributed by atoms with E-state index < -0.39 is 0 Å². The van der Waals surface area contributed by atoms with Gasteiger partial charge in [-0.3, -0.25) is 4.99 Å². The molecule has 1 saturated heterocycles. The first-order valence-corrected chi connectivity index (χ1v) is 11.2. The van der Waals surface area contributed by atoms with Gasteiger partial charge in [0.1, 0.15) is 5.82 Å². The van der Waals surface area contributed by atoms with E-state index >= 15 is 0 Å². The molecular formula is C24H36IN5O2. The van der Waals surface area contributed by atoms with Gasteiger partial charge in [0.2, 0.25) is 0 Å². The third kappa shape index (κ3) is 7.72. The van der Waals surface area contributed by atoms with Crippen LogP contribution < -0.4 is 25.0 Å². The summed E-state index contributed by atoms with van der Waals surface area (Å²) >= 11 is 0. The van der Waals surface area contributed by atoms with Gasteiger partial charge in [-0.05, 0) is 62.4 Å². The van der Waals surface area contributed by atoms with Crippen LogP contribution in [0.1, 0.15) is 31.7 Å². The average molecular weight is 553 g/mol. The van der Waals surface area contributed by atoms with Gasteiger partial charge in [-0.1, -0.05) is 12.1 Å². The molecule has 1 aliphatic heterocycles. The standard InChI is InChI=1S/C24H35N5O2.HI/c1-4-31-22-18-19(10-11-21(22)30-3)8-7-15-27-24(25-2)28-20-12-16-29(17-13-20)23-9-5-6-14-26-23;/h5-6,9-11,14,18,20H,4,7-8,12-13,15-17H2,1-3H3,(H2,25,27,28);1H. The molecule has 1 aliphatic rings. The lowest BCUT2D eigenvalue weighted by Crippen LogP contribution is -2.49. The molecule has 0 radical (unpaired) electrons. The van der Waals surface area contributed by atoms with Crippen LogP contribution in [0.3, 0.4) is 0 Å². The molecule has 32 heavy (non-hydrogen) atoms. The summed E-state index contributed by atoms with van der Waals surface area (Å²) in [4.78, 5) is 11.2. The molecule has 3 rings (SSSR count). The number of aliphatic imine (C=N–C) groups is 1. The van der Waals surface area contributed by atoms with Crippen LogP contribution in [-0.2, 0) is 6.42 Å². The third-order valence-corrected chi connectivity index (χ3v) is 5.50. The molecule has 0 aliphatic carbocycles. The zero-order valence-corrected chi connectivity index (χ0v) is 21.7. The van der Waals surface area contributed by atoms with E-state index in [0.717, 1.165) is 68.6 Å². The lowest BCUT2D eigenvalue weighted by Gasteiger charge is -2.33. The van der Waals surface area contributed by atoms with Crippen LogP contribution in [0, 0.1) is 0 Å². The molecule has 0 unspecified atom stereocenters. The average Bonchev–Trinajstić information content (AvgIpc) is 2.82. The number of piperidine rings is 1. The minimum absolute atomic E-state index is 0. The fourth-order valence-electron chi connectivity index (χ4n) is 3.83. The molecule has 1 aromatic carbocycles. The molecule has 0 saturated carbocycles. The number of aromatic nitrogens is 1. The molecule has 0 spiro atoms. The molecule has 1 fully saturated rings. The van der Waals surface area contributed by atoms with Gasteiger partial charge < -0.3 is 25.0 Å². The predicted octanol–water partition coefficient (Wildman–Crippen LogP) is 3.87. The van der Waals surface area contributed by atoms with Gasteiger partial charge >= 0.3 is 0 Å². The van der Waals surface area contributed by atoms with Crippen molar-refractivity contribution in [3.05, 3.63) is 48.2 Å². The van der Waals surface area contributed by atoms with E-state index in [1.807, 2.05) is 38.4 Å². The van der Waals surface area contributed by atoms with Gasteiger partial charge in [0.15, 0.2) is 17.5 Å². The maximum Gasteiger partial charge on any atom is 0.191 e. The minimum Gasteiger partial charge on any atom is -0.493 e. The minimum atomic E-state index is 0. The number of halogens is 1. The van der Waals surface area contributed by atoms with E-state index in [4.69, 9.17) is 9.47 Å². The van der Waals surface area contributed by atoms with Crippen molar-refractivity contribution in [1.82, 2.24) is 15.6 Å². The Bertz CT molecular complexity index is 826. The van der Waals surface area contributed by atoms with Crippen LogP contribution in [0.5, 0.6) is 11.5 Å². The SMILES string of the molecule is CCOc1cc(CCCNC(=NC)NC2CCN(c3ccccn3)CC2)ccc1OC.I. The Morgan fingerprint density at radius 1 is 1.19 bits per heavy atom. The van der Waals surface area contributed by atoms with E-state index in [0.29, 0.717) is 12.6 Å². The maximum atomic E-state index is 5.67. The van der Waals surface area contributed by atoms with Crippen LogP contribution in [0.4, 0.5) is 5.82 Å². The molecule has 8 heteroatoms. The summed E-state index contributed by atoms with van der Waals surface area (Å²) in [6.07, 6.45) is 5.98. The highest BCUT2D eigenvalue weighted by Crippen LogP contribution is 2.28. The molecular weight excluding hydrogens is 517 g/mol. The number of pyridine rings is 1. The number of ether oxygens (including phenoxy) is 2. The highest BCUT2D eigenvalue weighted by atomic mass is 127. The molecule has 7 nitrogen and oxygen atoms in total. The van der Waals surface area contributed by atoms with Crippen molar-refractivity contribution in [2.24, 2.45) is 4.99 Å². The van der Waals surface area contributed by atoms with E-state index in [2.05, 4.69) is 43.7 Å². The van der Waals surface area contributed by atoms with Gasteiger partial charge in [-0.2, -0.15) is 0 Å². The molecule has 0 bridgehead atoms. The molecule has 176 valence electrons. The Labute approximate surface area is 209 Å². The summed E-state index contributed by atoms with van der Waals surface area (Å²) in [6.45, 7) is 5.49.